The third-order valence-electron chi connectivity index (χ3n) is 4.38. The highest BCUT2D eigenvalue weighted by Gasteiger charge is 2.21. The van der Waals surface area contributed by atoms with Crippen LogP contribution < -0.4 is 20.0 Å². The van der Waals surface area contributed by atoms with Gasteiger partial charge in [-0.25, -0.2) is 8.42 Å². The number of hydrogen-bond donors (Lipinski definition) is 3. The molecule has 0 unspecified atom stereocenters. The number of ether oxygens (including phenoxy) is 1. The summed E-state index contributed by atoms with van der Waals surface area (Å²) in [4.78, 5) is 33.3. The van der Waals surface area contributed by atoms with Gasteiger partial charge in [-0.3, -0.25) is 19.6 Å². The standard InChI is InChI=1S/C20H15FN4O7S/c1-32-19-8-6-14(25(28)29)11-18(19)24-33(30,31)15-4-2-3-12(9-15)20(26)22-13-5-7-16(21)17(10-13)23-27/h2-11,24H,1H3,(H,22,26)/p+1. The van der Waals surface area contributed by atoms with E-state index in [2.05, 4.69) is 10.0 Å². The SMILES string of the molecule is COc1ccc([N+](=O)[O-])cc1NS(=O)(=O)c1cccc(C(=O)Nc2ccc(F)c([NH+]=O)c2)c1. The Morgan fingerprint density at radius 3 is 2.55 bits per heavy atom. The lowest BCUT2D eigenvalue weighted by atomic mass is 10.2. The number of non-ortho nitro benzene ring substituents is 1. The topological polar surface area (TPSA) is 159 Å². The number of nitro benzene ring substituents is 1. The molecule has 0 aliphatic carbocycles. The molecular formula is C20H16FN4O7S+. The monoisotopic (exact) mass is 475 g/mol. The van der Waals surface area contributed by atoms with E-state index in [9.17, 15) is 32.6 Å². The van der Waals surface area contributed by atoms with Crippen molar-refractivity contribution in [3.05, 3.63) is 87.1 Å². The number of halogens is 1. The maximum atomic E-state index is 13.4. The molecule has 11 nitrogen and oxygen atoms in total. The number of nitro groups is 1. The van der Waals surface area contributed by atoms with E-state index in [0.717, 1.165) is 30.3 Å². The fourth-order valence-electron chi connectivity index (χ4n) is 2.78. The van der Waals surface area contributed by atoms with Gasteiger partial charge in [-0.05, 0) is 36.4 Å². The maximum absolute atomic E-state index is 13.4. The molecule has 0 fully saturated rings. The van der Waals surface area contributed by atoms with Gasteiger partial charge >= 0.3 is 0 Å². The van der Waals surface area contributed by atoms with Crippen LogP contribution in [0.25, 0.3) is 0 Å². The zero-order valence-corrected chi connectivity index (χ0v) is 17.7. The minimum absolute atomic E-state index is 0.0511. The largest absolute Gasteiger partial charge is 0.495 e. The van der Waals surface area contributed by atoms with Gasteiger partial charge in [0.25, 0.3) is 27.3 Å². The number of nitrogens with one attached hydrogen (secondary N) is 3. The van der Waals surface area contributed by atoms with Crippen molar-refractivity contribution in [2.24, 2.45) is 0 Å². The Labute approximate surface area is 186 Å². The van der Waals surface area contributed by atoms with E-state index in [4.69, 9.17) is 4.74 Å². The molecule has 0 aliphatic heterocycles. The Morgan fingerprint density at radius 1 is 1.12 bits per heavy atom. The summed E-state index contributed by atoms with van der Waals surface area (Å²) < 4.78 is 46.4. The van der Waals surface area contributed by atoms with Crippen LogP contribution in [0.1, 0.15) is 10.4 Å². The lowest BCUT2D eigenvalue weighted by Crippen LogP contribution is -2.56. The number of nitrogens with zero attached hydrogens (tertiary/aromatic N) is 1. The molecule has 0 aliphatic rings. The van der Waals surface area contributed by atoms with Gasteiger partial charge in [0.2, 0.25) is 0 Å². The Hall–Kier alpha value is -4.39. The number of nitroso groups, excluding NO2 is 1. The molecule has 0 bridgehead atoms. The van der Waals surface area contributed by atoms with E-state index >= 15 is 0 Å². The summed E-state index contributed by atoms with van der Waals surface area (Å²) in [7, 11) is -3.00. The summed E-state index contributed by atoms with van der Waals surface area (Å²) >= 11 is 0. The van der Waals surface area contributed by atoms with Crippen LogP contribution >= 0.6 is 0 Å². The Morgan fingerprint density at radius 2 is 1.88 bits per heavy atom. The molecule has 0 atom stereocenters. The molecule has 3 N–H and O–H groups in total. The number of benzene rings is 3. The Balaban J connectivity index is 1.88. The maximum Gasteiger partial charge on any atom is 0.290 e. The predicted molar refractivity (Wildman–Crippen MR) is 115 cm³/mol. The van der Waals surface area contributed by atoms with Crippen molar-refractivity contribution in [2.45, 2.75) is 4.90 Å². The van der Waals surface area contributed by atoms with Crippen LogP contribution in [0, 0.1) is 20.8 Å². The summed E-state index contributed by atoms with van der Waals surface area (Å²) in [6.07, 6.45) is 0. The first-order valence-corrected chi connectivity index (χ1v) is 10.6. The van der Waals surface area contributed by atoms with Crippen LogP contribution in [0.5, 0.6) is 5.75 Å². The molecule has 0 aromatic heterocycles. The summed E-state index contributed by atoms with van der Waals surface area (Å²) in [5.74, 6) is -1.47. The second-order valence-electron chi connectivity index (χ2n) is 6.53. The van der Waals surface area contributed by atoms with Gasteiger partial charge in [-0.1, -0.05) is 6.07 Å². The van der Waals surface area contributed by atoms with Gasteiger partial charge in [-0.2, -0.15) is 4.39 Å². The highest BCUT2D eigenvalue weighted by molar-refractivity contribution is 7.92. The molecule has 170 valence electrons. The predicted octanol–water partition coefficient (Wildman–Crippen LogP) is 2.27. The van der Waals surface area contributed by atoms with E-state index in [1.165, 1.54) is 42.6 Å². The summed E-state index contributed by atoms with van der Waals surface area (Å²) in [5, 5.41) is 14.9. The van der Waals surface area contributed by atoms with Gasteiger partial charge in [0.1, 0.15) is 5.75 Å². The zero-order chi connectivity index (χ0) is 24.2. The van der Waals surface area contributed by atoms with Crippen molar-refractivity contribution in [3.8, 4) is 5.75 Å². The average molecular weight is 475 g/mol. The summed E-state index contributed by atoms with van der Waals surface area (Å²) in [6.45, 7) is 0. The number of carbonyl (C=O) groups is 1. The van der Waals surface area contributed by atoms with Crippen LogP contribution in [0.2, 0.25) is 0 Å². The van der Waals surface area contributed by atoms with Crippen molar-refractivity contribution in [2.75, 3.05) is 17.1 Å². The van der Waals surface area contributed by atoms with Crippen molar-refractivity contribution < 1.29 is 32.4 Å². The van der Waals surface area contributed by atoms with Crippen LogP contribution in [-0.2, 0) is 10.0 Å². The number of hydrogen-bond acceptors (Lipinski definition) is 7. The highest BCUT2D eigenvalue weighted by Crippen LogP contribution is 2.31. The van der Waals surface area contributed by atoms with Crippen LogP contribution in [0.15, 0.2) is 65.6 Å². The number of rotatable bonds is 8. The normalized spacial score (nSPS) is 10.8. The van der Waals surface area contributed by atoms with E-state index in [1.807, 2.05) is 0 Å². The minimum Gasteiger partial charge on any atom is -0.495 e. The molecular weight excluding hydrogens is 459 g/mol. The minimum atomic E-state index is -4.27. The lowest BCUT2D eigenvalue weighted by Gasteiger charge is -2.12. The van der Waals surface area contributed by atoms with Crippen molar-refractivity contribution in [1.29, 1.82) is 0 Å². The van der Waals surface area contributed by atoms with Gasteiger partial charge in [0.15, 0.2) is 5.82 Å². The second kappa shape index (κ2) is 9.40. The van der Waals surface area contributed by atoms with Crippen LogP contribution in [0.3, 0.4) is 0 Å². The Kier molecular flexibility index (Phi) is 6.63. The number of anilines is 2. The third kappa shape index (κ3) is 5.27. The molecule has 3 aromatic rings. The molecule has 0 radical (unpaired) electrons. The fourth-order valence-corrected chi connectivity index (χ4v) is 3.89. The van der Waals surface area contributed by atoms with Crippen molar-refractivity contribution in [3.63, 3.8) is 0 Å². The molecule has 0 heterocycles. The van der Waals surface area contributed by atoms with Crippen LogP contribution in [0.4, 0.5) is 27.1 Å². The summed E-state index contributed by atoms with van der Waals surface area (Å²) in [5.41, 5.74) is -0.838. The van der Waals surface area contributed by atoms with E-state index < -0.39 is 26.7 Å². The first-order chi connectivity index (χ1) is 15.6. The van der Waals surface area contributed by atoms with Gasteiger partial charge in [-0.15, -0.1) is 0 Å². The molecule has 0 saturated heterocycles. The first kappa shape index (κ1) is 23.3. The second-order valence-corrected chi connectivity index (χ2v) is 8.21. The lowest BCUT2D eigenvalue weighted by molar-refractivity contribution is -0.384. The van der Waals surface area contributed by atoms with Gasteiger partial charge in [0, 0.05) is 39.5 Å². The number of methoxy groups -OCH3 is 1. The number of amides is 1. The quantitative estimate of drug-likeness (QED) is 0.333. The molecule has 0 spiro atoms. The Bertz CT molecular complexity index is 1360. The van der Waals surface area contributed by atoms with Crippen LogP contribution in [-0.4, -0.2) is 26.4 Å². The van der Waals surface area contributed by atoms with E-state index in [0.29, 0.717) is 0 Å². The van der Waals surface area contributed by atoms with Crippen molar-refractivity contribution >= 4 is 38.7 Å². The van der Waals surface area contributed by atoms with Gasteiger partial charge in [0.05, 0.1) is 22.6 Å². The first-order valence-electron chi connectivity index (χ1n) is 9.09. The van der Waals surface area contributed by atoms with Crippen molar-refractivity contribution in [1.82, 2.24) is 0 Å². The summed E-state index contributed by atoms with van der Waals surface area (Å²) in [6, 6.07) is 11.7. The number of carbonyl (C=O) groups excluding carboxylic acids is 1. The molecule has 3 rings (SSSR count). The fraction of sp³-hybridized carbons (Fsp3) is 0.0500. The molecule has 3 aromatic carbocycles. The molecule has 33 heavy (non-hydrogen) atoms. The van der Waals surface area contributed by atoms with E-state index in [-0.39, 0.29) is 39.0 Å². The molecule has 0 saturated carbocycles. The smallest absolute Gasteiger partial charge is 0.290 e. The number of sulfonamides is 1. The highest BCUT2D eigenvalue weighted by atomic mass is 32.2. The third-order valence-corrected chi connectivity index (χ3v) is 5.74. The average Bonchev–Trinajstić information content (AvgIpc) is 2.80. The van der Waals surface area contributed by atoms with Gasteiger partial charge < -0.3 is 10.1 Å². The zero-order valence-electron chi connectivity index (χ0n) is 16.9. The molecule has 13 heteroatoms. The molecule has 1 amide bonds. The van der Waals surface area contributed by atoms with E-state index in [1.54, 1.807) is 0 Å².